The molecule has 2 fully saturated rings. The predicted molar refractivity (Wildman–Crippen MR) is 129 cm³/mol. The van der Waals surface area contributed by atoms with Gasteiger partial charge in [-0.15, -0.1) is 0 Å². The molecule has 186 valence electrons. The lowest BCUT2D eigenvalue weighted by Crippen LogP contribution is -2.42. The van der Waals surface area contributed by atoms with Crippen LogP contribution in [0.25, 0.3) is 0 Å². The minimum absolute atomic E-state index is 0.00213. The first-order valence-electron chi connectivity index (χ1n) is 12.3. The van der Waals surface area contributed by atoms with Gasteiger partial charge in [-0.05, 0) is 66.3 Å². The summed E-state index contributed by atoms with van der Waals surface area (Å²) < 4.78 is 18.6. The predicted octanol–water partition coefficient (Wildman–Crippen LogP) is 4.08. The summed E-state index contributed by atoms with van der Waals surface area (Å²) >= 11 is 0. The van der Waals surface area contributed by atoms with Crippen LogP contribution in [0.2, 0.25) is 0 Å². The molecule has 2 aromatic rings. The second-order valence-electron chi connectivity index (χ2n) is 9.53. The van der Waals surface area contributed by atoms with Crippen molar-refractivity contribution in [3.63, 3.8) is 0 Å². The molecule has 2 aliphatic rings. The van der Waals surface area contributed by atoms with E-state index in [0.29, 0.717) is 24.4 Å². The number of amides is 3. The quantitative estimate of drug-likeness (QED) is 0.501. The molecule has 3 unspecified atom stereocenters. The van der Waals surface area contributed by atoms with E-state index in [1.54, 1.807) is 0 Å². The van der Waals surface area contributed by atoms with Gasteiger partial charge in [0.05, 0.1) is 0 Å². The van der Waals surface area contributed by atoms with Gasteiger partial charge in [-0.3, -0.25) is 9.59 Å². The van der Waals surface area contributed by atoms with E-state index in [1.165, 1.54) is 24.3 Å². The molecular weight excluding hydrogens is 449 g/mol. The fraction of sp³-hybridized carbons (Fsp3) is 0.444. The van der Waals surface area contributed by atoms with Crippen LogP contribution in [0.4, 0.5) is 9.18 Å². The normalized spacial score (nSPS) is 20.5. The Morgan fingerprint density at radius 1 is 0.971 bits per heavy atom. The molecule has 0 spiro atoms. The largest absolute Gasteiger partial charge is 0.445 e. The van der Waals surface area contributed by atoms with Gasteiger partial charge in [0, 0.05) is 12.5 Å². The maximum atomic E-state index is 13.3. The van der Waals surface area contributed by atoms with Crippen LogP contribution in [0.3, 0.4) is 0 Å². The standard InChI is InChI=1S/C27H32FN3O4/c28-21-13-11-20(12-14-21)24(25(29)32)31-26(33)23-4-2-1-3-22(23)19-9-7-18(8-10-19)16-35-27(34)30-15-17-5-6-17/h7-14,17,22-24H,1-6,15-16H2,(H2,29,32)(H,30,34)(H,31,33). The number of carbonyl (C=O) groups excluding carboxylic acids is 3. The zero-order valence-corrected chi connectivity index (χ0v) is 19.7. The SMILES string of the molecule is NC(=O)C(NC(=O)C1CCCCC1c1ccc(COC(=O)NCC2CC2)cc1)c1ccc(F)cc1. The molecule has 0 radical (unpaired) electrons. The zero-order valence-electron chi connectivity index (χ0n) is 19.7. The second-order valence-corrected chi connectivity index (χ2v) is 9.53. The molecular formula is C27H32FN3O4. The van der Waals surface area contributed by atoms with Crippen molar-refractivity contribution in [3.8, 4) is 0 Å². The summed E-state index contributed by atoms with van der Waals surface area (Å²) in [7, 11) is 0. The summed E-state index contributed by atoms with van der Waals surface area (Å²) in [5.41, 5.74) is 7.90. The Kier molecular flexibility index (Phi) is 8.00. The van der Waals surface area contributed by atoms with Crippen molar-refractivity contribution in [1.82, 2.24) is 10.6 Å². The Labute approximate surface area is 204 Å². The first kappa shape index (κ1) is 24.7. The Balaban J connectivity index is 1.38. The lowest BCUT2D eigenvalue weighted by atomic mass is 9.74. The highest BCUT2D eigenvalue weighted by Crippen LogP contribution is 2.38. The third kappa shape index (κ3) is 6.81. The number of nitrogens with two attached hydrogens (primary N) is 1. The molecule has 0 saturated heterocycles. The first-order chi connectivity index (χ1) is 16.9. The molecule has 7 nitrogen and oxygen atoms in total. The average Bonchev–Trinajstić information content (AvgIpc) is 3.70. The van der Waals surface area contributed by atoms with Crippen LogP contribution in [0.15, 0.2) is 48.5 Å². The first-order valence-corrected chi connectivity index (χ1v) is 12.3. The number of alkyl carbamates (subject to hydrolysis) is 1. The monoisotopic (exact) mass is 481 g/mol. The highest BCUT2D eigenvalue weighted by molar-refractivity contribution is 5.89. The van der Waals surface area contributed by atoms with Gasteiger partial charge in [-0.25, -0.2) is 9.18 Å². The molecule has 2 aromatic carbocycles. The topological polar surface area (TPSA) is 111 Å². The van der Waals surface area contributed by atoms with Crippen molar-refractivity contribution in [1.29, 1.82) is 0 Å². The van der Waals surface area contributed by atoms with E-state index >= 15 is 0 Å². The van der Waals surface area contributed by atoms with Gasteiger partial charge < -0.3 is 21.1 Å². The highest BCUT2D eigenvalue weighted by atomic mass is 19.1. The molecule has 0 aromatic heterocycles. The number of halogens is 1. The number of ether oxygens (including phenoxy) is 1. The van der Waals surface area contributed by atoms with E-state index in [4.69, 9.17) is 10.5 Å². The van der Waals surface area contributed by atoms with Gasteiger partial charge in [-0.1, -0.05) is 49.2 Å². The van der Waals surface area contributed by atoms with Crippen LogP contribution in [0, 0.1) is 17.7 Å². The van der Waals surface area contributed by atoms with Crippen molar-refractivity contribution >= 4 is 17.9 Å². The molecule has 8 heteroatoms. The third-order valence-corrected chi connectivity index (χ3v) is 6.89. The minimum atomic E-state index is -1.02. The van der Waals surface area contributed by atoms with Crippen LogP contribution >= 0.6 is 0 Å². The Bertz CT molecular complexity index is 1040. The Hall–Kier alpha value is -3.42. The van der Waals surface area contributed by atoms with Crippen LogP contribution in [0.1, 0.15) is 67.2 Å². The molecule has 3 atom stereocenters. The Morgan fingerprint density at radius 3 is 2.31 bits per heavy atom. The fourth-order valence-electron chi connectivity index (χ4n) is 4.68. The number of hydrogen-bond donors (Lipinski definition) is 3. The van der Waals surface area contributed by atoms with Crippen molar-refractivity contribution in [2.24, 2.45) is 17.6 Å². The Morgan fingerprint density at radius 2 is 1.66 bits per heavy atom. The summed E-state index contributed by atoms with van der Waals surface area (Å²) in [6, 6.07) is 12.1. The number of primary amides is 1. The number of carbonyl (C=O) groups is 3. The molecule has 0 aliphatic heterocycles. The fourth-order valence-corrected chi connectivity index (χ4v) is 4.68. The maximum Gasteiger partial charge on any atom is 0.407 e. The van der Waals surface area contributed by atoms with E-state index < -0.39 is 23.9 Å². The molecule has 3 amide bonds. The van der Waals surface area contributed by atoms with Crippen LogP contribution < -0.4 is 16.4 Å². The molecule has 0 heterocycles. The van der Waals surface area contributed by atoms with Crippen molar-refractivity contribution < 1.29 is 23.5 Å². The van der Waals surface area contributed by atoms with Gasteiger partial charge in [0.15, 0.2) is 0 Å². The average molecular weight is 482 g/mol. The zero-order chi connectivity index (χ0) is 24.8. The van der Waals surface area contributed by atoms with E-state index in [9.17, 15) is 18.8 Å². The highest BCUT2D eigenvalue weighted by Gasteiger charge is 2.34. The number of rotatable bonds is 9. The summed E-state index contributed by atoms with van der Waals surface area (Å²) in [6.45, 7) is 0.851. The van der Waals surface area contributed by atoms with E-state index in [2.05, 4.69) is 10.6 Å². The van der Waals surface area contributed by atoms with Crippen LogP contribution in [0.5, 0.6) is 0 Å². The summed E-state index contributed by atoms with van der Waals surface area (Å²) in [6.07, 6.45) is 5.42. The molecule has 2 saturated carbocycles. The van der Waals surface area contributed by atoms with Crippen molar-refractivity contribution in [2.75, 3.05) is 6.54 Å². The number of nitrogens with one attached hydrogen (secondary N) is 2. The van der Waals surface area contributed by atoms with Gasteiger partial charge in [0.2, 0.25) is 11.8 Å². The van der Waals surface area contributed by atoms with E-state index in [-0.39, 0.29) is 24.3 Å². The van der Waals surface area contributed by atoms with Crippen molar-refractivity contribution in [3.05, 3.63) is 71.0 Å². The molecule has 2 aliphatic carbocycles. The van der Waals surface area contributed by atoms with Crippen molar-refractivity contribution in [2.45, 2.75) is 57.1 Å². The summed E-state index contributed by atoms with van der Waals surface area (Å²) in [5, 5.41) is 5.57. The van der Waals surface area contributed by atoms with Crippen LogP contribution in [-0.4, -0.2) is 24.5 Å². The van der Waals surface area contributed by atoms with Gasteiger partial charge in [-0.2, -0.15) is 0 Å². The van der Waals surface area contributed by atoms with Gasteiger partial charge in [0.25, 0.3) is 0 Å². The van der Waals surface area contributed by atoms with E-state index in [1.807, 2.05) is 24.3 Å². The maximum absolute atomic E-state index is 13.3. The smallest absolute Gasteiger partial charge is 0.407 e. The summed E-state index contributed by atoms with van der Waals surface area (Å²) in [5.74, 6) is -1.06. The lowest BCUT2D eigenvalue weighted by molar-refractivity contribution is -0.131. The van der Waals surface area contributed by atoms with Crippen LogP contribution in [-0.2, 0) is 20.9 Å². The lowest BCUT2D eigenvalue weighted by Gasteiger charge is -2.32. The summed E-state index contributed by atoms with van der Waals surface area (Å²) in [4.78, 5) is 37.1. The molecule has 4 rings (SSSR count). The number of hydrogen-bond acceptors (Lipinski definition) is 4. The minimum Gasteiger partial charge on any atom is -0.445 e. The van der Waals surface area contributed by atoms with Gasteiger partial charge >= 0.3 is 6.09 Å². The van der Waals surface area contributed by atoms with E-state index in [0.717, 1.165) is 43.2 Å². The van der Waals surface area contributed by atoms with Gasteiger partial charge in [0.1, 0.15) is 18.5 Å². The third-order valence-electron chi connectivity index (χ3n) is 6.89. The molecule has 35 heavy (non-hydrogen) atoms. The molecule has 4 N–H and O–H groups in total. The molecule has 0 bridgehead atoms. The number of benzene rings is 2. The second kappa shape index (κ2) is 11.3.